The van der Waals surface area contributed by atoms with Crippen LogP contribution in [-0.2, 0) is 0 Å². The SMILES string of the molecule is CCC1CC1NC(=O)c1c(O)cccc1O. The number of hydrogen-bond acceptors (Lipinski definition) is 3. The van der Waals surface area contributed by atoms with Crippen molar-refractivity contribution in [3.8, 4) is 11.5 Å². The summed E-state index contributed by atoms with van der Waals surface area (Å²) in [6.45, 7) is 2.08. The number of rotatable bonds is 3. The maximum Gasteiger partial charge on any atom is 0.259 e. The van der Waals surface area contributed by atoms with Gasteiger partial charge in [0, 0.05) is 6.04 Å². The Labute approximate surface area is 93.9 Å². The molecule has 0 radical (unpaired) electrons. The van der Waals surface area contributed by atoms with Gasteiger partial charge in [0.15, 0.2) is 0 Å². The van der Waals surface area contributed by atoms with Gasteiger partial charge >= 0.3 is 0 Å². The molecule has 1 fully saturated rings. The Kier molecular flexibility index (Phi) is 2.73. The number of hydrogen-bond donors (Lipinski definition) is 3. The summed E-state index contributed by atoms with van der Waals surface area (Å²) < 4.78 is 0. The lowest BCUT2D eigenvalue weighted by Crippen LogP contribution is -2.26. The number of nitrogens with one attached hydrogen (secondary N) is 1. The number of aromatic hydroxyl groups is 2. The van der Waals surface area contributed by atoms with Crippen molar-refractivity contribution in [2.24, 2.45) is 5.92 Å². The molecule has 0 spiro atoms. The van der Waals surface area contributed by atoms with E-state index >= 15 is 0 Å². The molecule has 4 heteroatoms. The second kappa shape index (κ2) is 4.04. The summed E-state index contributed by atoms with van der Waals surface area (Å²) in [5, 5.41) is 21.8. The predicted molar refractivity (Wildman–Crippen MR) is 59.4 cm³/mol. The van der Waals surface area contributed by atoms with Crippen LogP contribution in [0.25, 0.3) is 0 Å². The van der Waals surface area contributed by atoms with Gasteiger partial charge in [0.05, 0.1) is 0 Å². The molecule has 1 aromatic rings. The smallest absolute Gasteiger partial charge is 0.259 e. The van der Waals surface area contributed by atoms with E-state index in [2.05, 4.69) is 12.2 Å². The van der Waals surface area contributed by atoms with Gasteiger partial charge in [-0.15, -0.1) is 0 Å². The predicted octanol–water partition coefficient (Wildman–Crippen LogP) is 1.63. The topological polar surface area (TPSA) is 69.6 Å². The van der Waals surface area contributed by atoms with Crippen molar-refractivity contribution in [2.75, 3.05) is 0 Å². The summed E-state index contributed by atoms with van der Waals surface area (Å²) in [5.41, 5.74) is -0.0377. The number of benzene rings is 1. The van der Waals surface area contributed by atoms with E-state index < -0.39 is 5.91 Å². The van der Waals surface area contributed by atoms with E-state index in [1.54, 1.807) is 0 Å². The van der Waals surface area contributed by atoms with Crippen molar-refractivity contribution >= 4 is 5.91 Å². The zero-order valence-corrected chi connectivity index (χ0v) is 9.10. The zero-order chi connectivity index (χ0) is 11.7. The lowest BCUT2D eigenvalue weighted by atomic mass is 10.1. The van der Waals surface area contributed by atoms with Crippen LogP contribution in [-0.4, -0.2) is 22.2 Å². The summed E-state index contributed by atoms with van der Waals surface area (Å²) in [6, 6.07) is 4.46. The molecule has 2 unspecified atom stereocenters. The van der Waals surface area contributed by atoms with Crippen LogP contribution in [0.4, 0.5) is 0 Å². The molecule has 1 aliphatic rings. The van der Waals surface area contributed by atoms with Gasteiger partial charge in [-0.05, 0) is 24.5 Å². The maximum absolute atomic E-state index is 11.8. The number of phenols is 2. The van der Waals surface area contributed by atoms with E-state index in [0.717, 1.165) is 12.8 Å². The molecule has 1 saturated carbocycles. The quantitative estimate of drug-likeness (QED) is 0.726. The second-order valence-electron chi connectivity index (χ2n) is 4.16. The Balaban J connectivity index is 2.09. The summed E-state index contributed by atoms with van der Waals surface area (Å²) in [4.78, 5) is 11.8. The van der Waals surface area contributed by atoms with Crippen molar-refractivity contribution in [3.05, 3.63) is 23.8 Å². The van der Waals surface area contributed by atoms with Crippen LogP contribution in [0.3, 0.4) is 0 Å². The Morgan fingerprint density at radius 2 is 2.06 bits per heavy atom. The normalized spacial score (nSPS) is 22.8. The minimum atomic E-state index is -0.406. The molecule has 0 aromatic heterocycles. The molecule has 1 amide bonds. The summed E-state index contributed by atoms with van der Waals surface area (Å²) in [7, 11) is 0. The average molecular weight is 221 g/mol. The highest BCUT2D eigenvalue weighted by Crippen LogP contribution is 2.34. The lowest BCUT2D eigenvalue weighted by molar-refractivity contribution is 0.0943. The minimum Gasteiger partial charge on any atom is -0.507 e. The minimum absolute atomic E-state index is 0.0377. The van der Waals surface area contributed by atoms with Crippen LogP contribution >= 0.6 is 0 Å². The van der Waals surface area contributed by atoms with Gasteiger partial charge in [0.1, 0.15) is 17.1 Å². The van der Waals surface area contributed by atoms with Crippen LogP contribution in [0, 0.1) is 5.92 Å². The second-order valence-corrected chi connectivity index (χ2v) is 4.16. The molecule has 0 aliphatic heterocycles. The molecule has 16 heavy (non-hydrogen) atoms. The molecule has 86 valence electrons. The third-order valence-electron chi connectivity index (χ3n) is 3.01. The van der Waals surface area contributed by atoms with Crippen LogP contribution in [0.1, 0.15) is 30.1 Å². The summed E-state index contributed by atoms with van der Waals surface area (Å²) in [5.74, 6) is -0.245. The van der Waals surface area contributed by atoms with E-state index in [-0.39, 0.29) is 23.1 Å². The van der Waals surface area contributed by atoms with E-state index in [1.807, 2.05) is 0 Å². The molecule has 0 bridgehead atoms. The first-order valence-electron chi connectivity index (χ1n) is 5.45. The lowest BCUT2D eigenvalue weighted by Gasteiger charge is -2.07. The number of amides is 1. The van der Waals surface area contributed by atoms with Crippen molar-refractivity contribution in [2.45, 2.75) is 25.8 Å². The van der Waals surface area contributed by atoms with E-state index in [4.69, 9.17) is 0 Å². The molecule has 1 aliphatic carbocycles. The molecular formula is C12H15NO3. The molecule has 0 heterocycles. The third kappa shape index (κ3) is 1.96. The highest BCUT2D eigenvalue weighted by atomic mass is 16.3. The van der Waals surface area contributed by atoms with Gasteiger partial charge in [-0.25, -0.2) is 0 Å². The van der Waals surface area contributed by atoms with E-state index in [1.165, 1.54) is 18.2 Å². The van der Waals surface area contributed by atoms with Gasteiger partial charge in [-0.2, -0.15) is 0 Å². The number of carbonyl (C=O) groups excluding carboxylic acids is 1. The van der Waals surface area contributed by atoms with E-state index in [9.17, 15) is 15.0 Å². The van der Waals surface area contributed by atoms with E-state index in [0.29, 0.717) is 5.92 Å². The fraction of sp³-hybridized carbons (Fsp3) is 0.417. The Morgan fingerprint density at radius 1 is 1.44 bits per heavy atom. The molecule has 2 atom stereocenters. The first kappa shape index (κ1) is 10.8. The van der Waals surface area contributed by atoms with Gasteiger partial charge < -0.3 is 15.5 Å². The van der Waals surface area contributed by atoms with Gasteiger partial charge in [-0.1, -0.05) is 19.4 Å². The van der Waals surface area contributed by atoms with Gasteiger partial charge in [-0.3, -0.25) is 4.79 Å². The average Bonchev–Trinajstić information content (AvgIpc) is 2.96. The van der Waals surface area contributed by atoms with Crippen molar-refractivity contribution in [1.29, 1.82) is 0 Å². The molecular weight excluding hydrogens is 206 g/mol. The third-order valence-corrected chi connectivity index (χ3v) is 3.01. The summed E-state index contributed by atoms with van der Waals surface area (Å²) >= 11 is 0. The number of carbonyl (C=O) groups is 1. The molecule has 0 saturated heterocycles. The Morgan fingerprint density at radius 3 is 2.56 bits per heavy atom. The molecule has 2 rings (SSSR count). The summed E-state index contributed by atoms with van der Waals surface area (Å²) in [6.07, 6.45) is 2.02. The number of phenolic OH excluding ortho intramolecular Hbond substituents is 2. The van der Waals surface area contributed by atoms with Gasteiger partial charge in [0.2, 0.25) is 0 Å². The van der Waals surface area contributed by atoms with Crippen molar-refractivity contribution in [1.82, 2.24) is 5.32 Å². The fourth-order valence-electron chi connectivity index (χ4n) is 1.88. The van der Waals surface area contributed by atoms with Crippen LogP contribution in [0.15, 0.2) is 18.2 Å². The van der Waals surface area contributed by atoms with Crippen LogP contribution in [0.5, 0.6) is 11.5 Å². The van der Waals surface area contributed by atoms with Crippen molar-refractivity contribution < 1.29 is 15.0 Å². The van der Waals surface area contributed by atoms with Crippen LogP contribution < -0.4 is 5.32 Å². The van der Waals surface area contributed by atoms with Crippen LogP contribution in [0.2, 0.25) is 0 Å². The highest BCUT2D eigenvalue weighted by molar-refractivity contribution is 5.99. The Hall–Kier alpha value is -1.71. The monoisotopic (exact) mass is 221 g/mol. The first-order valence-corrected chi connectivity index (χ1v) is 5.45. The maximum atomic E-state index is 11.8. The van der Waals surface area contributed by atoms with Gasteiger partial charge in [0.25, 0.3) is 5.91 Å². The molecule has 1 aromatic carbocycles. The first-order chi connectivity index (χ1) is 7.63. The highest BCUT2D eigenvalue weighted by Gasteiger charge is 2.37. The Bertz CT molecular complexity index is 396. The molecule has 3 N–H and O–H groups in total. The largest absolute Gasteiger partial charge is 0.507 e. The fourth-order valence-corrected chi connectivity index (χ4v) is 1.88. The molecule has 4 nitrogen and oxygen atoms in total. The zero-order valence-electron chi connectivity index (χ0n) is 9.10. The van der Waals surface area contributed by atoms with Crippen molar-refractivity contribution in [3.63, 3.8) is 0 Å². The standard InChI is InChI=1S/C12H15NO3/c1-2-7-6-8(7)13-12(16)11-9(14)4-3-5-10(11)15/h3-5,7-8,14-15H,2,6H2,1H3,(H,13,16).